The number of carbonyl (C=O) groups is 2. The highest BCUT2D eigenvalue weighted by atomic mass is 35.5. The van der Waals surface area contributed by atoms with Gasteiger partial charge in [0.2, 0.25) is 0 Å². The minimum absolute atomic E-state index is 0.00737. The van der Waals surface area contributed by atoms with Crippen molar-refractivity contribution in [3.05, 3.63) is 107 Å². The predicted molar refractivity (Wildman–Crippen MR) is 161 cm³/mol. The number of carboxylic acid groups (broad SMARTS) is 1. The number of carbonyl (C=O) groups excluding carboxylic acids is 1. The number of halogens is 1. The fourth-order valence-electron chi connectivity index (χ4n) is 5.02. The second-order valence-corrected chi connectivity index (χ2v) is 10.9. The van der Waals surface area contributed by atoms with E-state index in [9.17, 15) is 19.5 Å². The number of furan rings is 1. The van der Waals surface area contributed by atoms with Crippen molar-refractivity contribution in [1.29, 1.82) is 0 Å². The summed E-state index contributed by atoms with van der Waals surface area (Å²) in [7, 11) is 1.56. The summed E-state index contributed by atoms with van der Waals surface area (Å²) in [5, 5.41) is 9.34. The van der Waals surface area contributed by atoms with E-state index in [1.165, 1.54) is 23.5 Å². The molecule has 1 aliphatic rings. The van der Waals surface area contributed by atoms with E-state index in [-0.39, 0.29) is 22.1 Å². The van der Waals surface area contributed by atoms with E-state index in [0.29, 0.717) is 62.1 Å². The SMILES string of the molecule is CCN(CC)C(=O)C1=C(C)N=c2s/c(=C/c3ccc(-c4ccc(C(=O)O)c(Cl)c4)o3)c(=O)n2[C@@H]1c1ccccc1OC. The van der Waals surface area contributed by atoms with E-state index in [2.05, 4.69) is 0 Å². The molecule has 42 heavy (non-hydrogen) atoms. The van der Waals surface area contributed by atoms with Gasteiger partial charge in [0.1, 0.15) is 23.3 Å². The van der Waals surface area contributed by atoms with Crippen molar-refractivity contribution < 1.29 is 23.8 Å². The standard InChI is InChI=1S/C31H28ClN3O6S/c1-5-34(6-2)29(37)26-17(3)33-31-35(27(26)21-9-7-8-10-24(21)40-4)28(36)25(42-31)16-19-12-14-23(41-19)18-11-13-20(30(38)39)22(32)15-18/h7-16,27H,5-6H2,1-4H3,(H,38,39)/b25-16+/t27-/m1/s1. The molecule has 3 heterocycles. The summed E-state index contributed by atoms with van der Waals surface area (Å²) in [4.78, 5) is 45.9. The van der Waals surface area contributed by atoms with Crippen LogP contribution in [-0.2, 0) is 4.79 Å². The first kappa shape index (κ1) is 29.1. The number of nitrogens with zero attached hydrogens (tertiary/aromatic N) is 3. The zero-order valence-electron chi connectivity index (χ0n) is 23.4. The molecule has 216 valence electrons. The molecule has 9 nitrogen and oxygen atoms in total. The highest BCUT2D eigenvalue weighted by molar-refractivity contribution is 7.07. The number of fused-ring (bicyclic) bond motifs is 1. The quantitative estimate of drug-likeness (QED) is 0.311. The molecular formula is C31H28ClN3O6S. The molecule has 1 N–H and O–H groups in total. The molecule has 1 amide bonds. The first-order valence-corrected chi connectivity index (χ1v) is 14.5. The number of hydrogen-bond donors (Lipinski definition) is 1. The number of amides is 1. The number of benzene rings is 2. The number of para-hydroxylation sites is 1. The minimum Gasteiger partial charge on any atom is -0.496 e. The van der Waals surface area contributed by atoms with Crippen LogP contribution in [0.5, 0.6) is 5.75 Å². The van der Waals surface area contributed by atoms with Gasteiger partial charge in [-0.05, 0) is 51.1 Å². The number of carboxylic acids is 1. The Morgan fingerprint density at radius 2 is 1.90 bits per heavy atom. The average molecular weight is 606 g/mol. The van der Waals surface area contributed by atoms with Crippen LogP contribution in [0, 0.1) is 0 Å². The van der Waals surface area contributed by atoms with Gasteiger partial charge < -0.3 is 19.2 Å². The molecule has 0 saturated carbocycles. The molecule has 0 unspecified atom stereocenters. The highest BCUT2D eigenvalue weighted by Gasteiger charge is 2.35. The molecule has 2 aromatic heterocycles. The second-order valence-electron chi connectivity index (χ2n) is 9.50. The Morgan fingerprint density at radius 3 is 2.57 bits per heavy atom. The molecule has 0 fully saturated rings. The summed E-state index contributed by atoms with van der Waals surface area (Å²) in [6.07, 6.45) is 1.63. The summed E-state index contributed by atoms with van der Waals surface area (Å²) in [5.74, 6) is 0.126. The summed E-state index contributed by atoms with van der Waals surface area (Å²) in [5.41, 5.74) is 1.91. The van der Waals surface area contributed by atoms with Gasteiger partial charge in [0.25, 0.3) is 11.5 Å². The van der Waals surface area contributed by atoms with Crippen molar-refractivity contribution in [1.82, 2.24) is 9.47 Å². The van der Waals surface area contributed by atoms with Crippen LogP contribution in [0.3, 0.4) is 0 Å². The molecule has 1 aliphatic heterocycles. The van der Waals surface area contributed by atoms with Gasteiger partial charge >= 0.3 is 5.97 Å². The van der Waals surface area contributed by atoms with Gasteiger partial charge in [-0.1, -0.05) is 47.2 Å². The van der Waals surface area contributed by atoms with Crippen molar-refractivity contribution in [2.24, 2.45) is 4.99 Å². The summed E-state index contributed by atoms with van der Waals surface area (Å²) in [6, 6.07) is 14.6. The zero-order chi connectivity index (χ0) is 30.1. The number of rotatable bonds is 8. The number of aromatic carboxylic acids is 1. The van der Waals surface area contributed by atoms with Crippen LogP contribution in [0.15, 0.2) is 80.1 Å². The maximum atomic E-state index is 14.0. The Kier molecular flexibility index (Phi) is 8.20. The number of likely N-dealkylation sites (N-methyl/N-ethyl adjacent to an activating group) is 1. The first-order valence-electron chi connectivity index (χ1n) is 13.3. The van der Waals surface area contributed by atoms with Gasteiger partial charge in [-0.15, -0.1) is 0 Å². The third-order valence-electron chi connectivity index (χ3n) is 7.12. The molecule has 4 aromatic rings. The molecule has 0 aliphatic carbocycles. The first-order chi connectivity index (χ1) is 20.2. The lowest BCUT2D eigenvalue weighted by molar-refractivity contribution is -0.127. The number of methoxy groups -OCH3 is 1. The molecular weight excluding hydrogens is 578 g/mol. The maximum Gasteiger partial charge on any atom is 0.337 e. The molecule has 2 aromatic carbocycles. The number of ether oxygens (including phenoxy) is 1. The number of hydrogen-bond acceptors (Lipinski definition) is 7. The lowest BCUT2D eigenvalue weighted by atomic mass is 9.94. The van der Waals surface area contributed by atoms with E-state index in [0.717, 1.165) is 0 Å². The number of thiazole rings is 1. The van der Waals surface area contributed by atoms with Crippen LogP contribution in [0.25, 0.3) is 17.4 Å². The van der Waals surface area contributed by atoms with Crippen molar-refractivity contribution in [2.75, 3.05) is 20.2 Å². The van der Waals surface area contributed by atoms with Crippen LogP contribution < -0.4 is 19.6 Å². The van der Waals surface area contributed by atoms with Crippen LogP contribution in [0.1, 0.15) is 48.5 Å². The van der Waals surface area contributed by atoms with Crippen molar-refractivity contribution in [3.8, 4) is 17.1 Å². The van der Waals surface area contributed by atoms with Crippen molar-refractivity contribution in [2.45, 2.75) is 26.8 Å². The molecule has 5 rings (SSSR count). The third-order valence-corrected chi connectivity index (χ3v) is 8.42. The van der Waals surface area contributed by atoms with Gasteiger partial charge in [0.15, 0.2) is 4.80 Å². The summed E-state index contributed by atoms with van der Waals surface area (Å²) in [6.45, 7) is 6.64. The summed E-state index contributed by atoms with van der Waals surface area (Å²) >= 11 is 7.34. The molecule has 0 radical (unpaired) electrons. The van der Waals surface area contributed by atoms with Gasteiger partial charge in [-0.3, -0.25) is 14.2 Å². The minimum atomic E-state index is -1.12. The second kappa shape index (κ2) is 11.8. The van der Waals surface area contributed by atoms with E-state index < -0.39 is 12.0 Å². The van der Waals surface area contributed by atoms with Gasteiger partial charge in [0, 0.05) is 30.3 Å². The average Bonchev–Trinajstić information content (AvgIpc) is 3.56. The maximum absolute atomic E-state index is 14.0. The fourth-order valence-corrected chi connectivity index (χ4v) is 6.31. The van der Waals surface area contributed by atoms with Crippen LogP contribution in [0.2, 0.25) is 5.02 Å². The zero-order valence-corrected chi connectivity index (χ0v) is 25.0. The van der Waals surface area contributed by atoms with E-state index in [1.54, 1.807) is 53.8 Å². The fraction of sp³-hybridized carbons (Fsp3) is 0.226. The number of allylic oxidation sites excluding steroid dienone is 1. The van der Waals surface area contributed by atoms with Crippen LogP contribution >= 0.6 is 22.9 Å². The molecule has 11 heteroatoms. The van der Waals surface area contributed by atoms with E-state index >= 15 is 0 Å². The lowest BCUT2D eigenvalue weighted by Gasteiger charge is -2.29. The van der Waals surface area contributed by atoms with E-state index in [4.69, 9.17) is 25.7 Å². The topological polar surface area (TPSA) is 114 Å². The Morgan fingerprint density at radius 1 is 1.17 bits per heavy atom. The Bertz CT molecular complexity index is 1910. The lowest BCUT2D eigenvalue weighted by Crippen LogP contribution is -2.43. The monoisotopic (exact) mass is 605 g/mol. The predicted octanol–water partition coefficient (Wildman–Crippen LogP) is 4.72. The Hall–Kier alpha value is -4.41. The van der Waals surface area contributed by atoms with Crippen molar-refractivity contribution in [3.63, 3.8) is 0 Å². The van der Waals surface area contributed by atoms with Gasteiger partial charge in [0.05, 0.1) is 33.5 Å². The van der Waals surface area contributed by atoms with Crippen LogP contribution in [0.4, 0.5) is 0 Å². The van der Waals surface area contributed by atoms with E-state index in [1.807, 2.05) is 32.0 Å². The summed E-state index contributed by atoms with van der Waals surface area (Å²) < 4.78 is 13.6. The molecule has 1 atom stereocenters. The normalized spacial score (nSPS) is 14.9. The molecule has 0 bridgehead atoms. The molecule has 0 spiro atoms. The third kappa shape index (κ3) is 5.19. The largest absolute Gasteiger partial charge is 0.496 e. The molecule has 0 saturated heterocycles. The van der Waals surface area contributed by atoms with Gasteiger partial charge in [-0.25, -0.2) is 9.79 Å². The van der Waals surface area contributed by atoms with Gasteiger partial charge in [-0.2, -0.15) is 0 Å². The van der Waals surface area contributed by atoms with Crippen molar-refractivity contribution >= 4 is 40.9 Å². The Labute approximate surface area is 250 Å². The van der Waals surface area contributed by atoms with Crippen LogP contribution in [-0.4, -0.2) is 46.6 Å². The smallest absolute Gasteiger partial charge is 0.337 e. The highest BCUT2D eigenvalue weighted by Crippen LogP contribution is 2.36. The number of aromatic nitrogens is 1. The Balaban J connectivity index is 1.64.